The van der Waals surface area contributed by atoms with E-state index in [1.165, 1.54) is 4.90 Å². The lowest BCUT2D eigenvalue weighted by atomic mass is 10.0. The van der Waals surface area contributed by atoms with E-state index in [0.717, 1.165) is 0 Å². The van der Waals surface area contributed by atoms with Crippen molar-refractivity contribution in [2.45, 2.75) is 31.7 Å². The quantitative estimate of drug-likeness (QED) is 0.462. The molecule has 0 radical (unpaired) electrons. The van der Waals surface area contributed by atoms with Crippen LogP contribution in [0.5, 0.6) is 0 Å². The Kier molecular flexibility index (Phi) is 2.00. The van der Waals surface area contributed by atoms with Gasteiger partial charge >= 0.3 is 12.1 Å². The average molecular weight is 214 g/mol. The van der Waals surface area contributed by atoms with E-state index in [1.807, 2.05) is 0 Å². The molecule has 0 bridgehead atoms. The van der Waals surface area contributed by atoms with Crippen molar-refractivity contribution in [1.29, 1.82) is 0 Å². The Hall–Kier alpha value is -1.50. The second-order valence-corrected chi connectivity index (χ2v) is 4.33. The Bertz CT molecular complexity index is 317. The van der Waals surface area contributed by atoms with Crippen molar-refractivity contribution in [2.24, 2.45) is 0 Å². The largest absolute Gasteiger partial charge is 0.394 e. The second kappa shape index (κ2) is 2.99. The first-order valence-corrected chi connectivity index (χ1v) is 4.73. The van der Waals surface area contributed by atoms with E-state index in [9.17, 15) is 14.7 Å². The number of hydrogen-bond acceptors (Lipinski definition) is 3. The number of aliphatic hydroxyl groups is 1. The van der Waals surface area contributed by atoms with E-state index in [0.29, 0.717) is 0 Å². The molecule has 0 aromatic carbocycles. The highest BCUT2D eigenvalue weighted by molar-refractivity contribution is 5.85. The van der Waals surface area contributed by atoms with Gasteiger partial charge < -0.3 is 21.1 Å². The van der Waals surface area contributed by atoms with Crippen LogP contribution < -0.4 is 16.0 Å². The maximum Gasteiger partial charge on any atom is 0.321 e. The Morgan fingerprint density at radius 1 is 1.33 bits per heavy atom. The Labute approximate surface area is 86.8 Å². The van der Waals surface area contributed by atoms with Crippen LogP contribution in [0.2, 0.25) is 0 Å². The standard InChI is InChI=1S/C8H14N4O3/c1-8(2,3-13)12-5-4(10-7(12)15)9-6(14)11-5/h4-5,13H,3H2,1-2H3,(H,10,15)(H2,9,11,14)/t4-,5+/m1/s1. The molecule has 2 fully saturated rings. The highest BCUT2D eigenvalue weighted by Crippen LogP contribution is 2.23. The maximum absolute atomic E-state index is 11.6. The molecule has 4 N–H and O–H groups in total. The Morgan fingerprint density at radius 3 is 2.60 bits per heavy atom. The molecule has 0 saturated carbocycles. The number of hydrogen-bond donors (Lipinski definition) is 4. The molecular formula is C8H14N4O3. The van der Waals surface area contributed by atoms with Crippen molar-refractivity contribution in [3.63, 3.8) is 0 Å². The summed E-state index contributed by atoms with van der Waals surface area (Å²) in [7, 11) is 0. The fourth-order valence-electron chi connectivity index (χ4n) is 1.86. The van der Waals surface area contributed by atoms with Gasteiger partial charge in [-0.3, -0.25) is 4.90 Å². The molecule has 15 heavy (non-hydrogen) atoms. The molecule has 4 amide bonds. The molecule has 7 nitrogen and oxygen atoms in total. The minimum Gasteiger partial charge on any atom is -0.394 e. The lowest BCUT2D eigenvalue weighted by Gasteiger charge is -2.36. The van der Waals surface area contributed by atoms with Gasteiger partial charge in [-0.2, -0.15) is 0 Å². The Balaban J connectivity index is 2.24. The maximum atomic E-state index is 11.6. The van der Waals surface area contributed by atoms with Gasteiger partial charge in [0.15, 0.2) is 0 Å². The van der Waals surface area contributed by atoms with Crippen molar-refractivity contribution in [2.75, 3.05) is 6.61 Å². The fourth-order valence-corrected chi connectivity index (χ4v) is 1.86. The molecule has 2 atom stereocenters. The van der Waals surface area contributed by atoms with E-state index in [4.69, 9.17) is 0 Å². The van der Waals surface area contributed by atoms with Crippen LogP contribution in [0.15, 0.2) is 0 Å². The summed E-state index contributed by atoms with van der Waals surface area (Å²) < 4.78 is 0. The van der Waals surface area contributed by atoms with Crippen LogP contribution in [-0.2, 0) is 0 Å². The first-order valence-electron chi connectivity index (χ1n) is 4.73. The third-order valence-electron chi connectivity index (χ3n) is 2.70. The predicted octanol–water partition coefficient (Wildman–Crippen LogP) is -1.25. The van der Waals surface area contributed by atoms with E-state index in [2.05, 4.69) is 16.0 Å². The van der Waals surface area contributed by atoms with Gasteiger partial charge in [0.1, 0.15) is 12.3 Å². The third-order valence-corrected chi connectivity index (χ3v) is 2.70. The van der Waals surface area contributed by atoms with Crippen molar-refractivity contribution >= 4 is 12.1 Å². The number of rotatable bonds is 2. The van der Waals surface area contributed by atoms with E-state index in [-0.39, 0.29) is 18.7 Å². The zero-order valence-corrected chi connectivity index (χ0v) is 8.57. The minimum absolute atomic E-state index is 0.167. The van der Waals surface area contributed by atoms with Crippen LogP contribution >= 0.6 is 0 Å². The zero-order valence-electron chi connectivity index (χ0n) is 8.57. The van der Waals surface area contributed by atoms with Crippen molar-refractivity contribution in [3.05, 3.63) is 0 Å². The first-order chi connectivity index (χ1) is 6.95. The predicted molar refractivity (Wildman–Crippen MR) is 50.8 cm³/mol. The van der Waals surface area contributed by atoms with Crippen LogP contribution in [0, 0.1) is 0 Å². The van der Waals surface area contributed by atoms with Crippen molar-refractivity contribution in [3.8, 4) is 0 Å². The van der Waals surface area contributed by atoms with Crippen LogP contribution in [-0.4, -0.2) is 46.5 Å². The third kappa shape index (κ3) is 1.39. The van der Waals surface area contributed by atoms with Crippen LogP contribution in [0.25, 0.3) is 0 Å². The van der Waals surface area contributed by atoms with Crippen molar-refractivity contribution in [1.82, 2.24) is 20.9 Å². The van der Waals surface area contributed by atoms with E-state index in [1.54, 1.807) is 13.8 Å². The molecule has 0 spiro atoms. The first kappa shape index (κ1) is 10.0. The van der Waals surface area contributed by atoms with Gasteiger partial charge in [0.05, 0.1) is 12.1 Å². The lowest BCUT2D eigenvalue weighted by molar-refractivity contribution is 0.0653. The summed E-state index contributed by atoms with van der Waals surface area (Å²) in [4.78, 5) is 24.1. The van der Waals surface area contributed by atoms with Crippen molar-refractivity contribution < 1.29 is 14.7 Å². The summed E-state index contributed by atoms with van der Waals surface area (Å²) in [6.07, 6.45) is -0.858. The minimum atomic E-state index is -0.706. The molecule has 84 valence electrons. The number of carbonyl (C=O) groups excluding carboxylic acids is 2. The zero-order chi connectivity index (χ0) is 11.2. The topological polar surface area (TPSA) is 93.7 Å². The molecule has 0 aromatic heterocycles. The molecule has 2 heterocycles. The van der Waals surface area contributed by atoms with Gasteiger partial charge in [0.25, 0.3) is 0 Å². The highest BCUT2D eigenvalue weighted by Gasteiger charge is 2.50. The SMILES string of the molecule is CC(C)(CO)N1C(=O)N[C@H]2NC(=O)N[C@H]21. The average Bonchev–Trinajstić information content (AvgIpc) is 2.59. The molecule has 0 aliphatic carbocycles. The monoisotopic (exact) mass is 214 g/mol. The fraction of sp³-hybridized carbons (Fsp3) is 0.750. The number of urea groups is 2. The van der Waals surface area contributed by atoms with E-state index < -0.39 is 17.9 Å². The molecule has 2 saturated heterocycles. The molecule has 2 rings (SSSR count). The summed E-state index contributed by atoms with van der Waals surface area (Å²) in [6, 6.07) is -0.611. The second-order valence-electron chi connectivity index (χ2n) is 4.33. The van der Waals surface area contributed by atoms with E-state index >= 15 is 0 Å². The summed E-state index contributed by atoms with van der Waals surface area (Å²) in [5, 5.41) is 17.0. The Morgan fingerprint density at radius 2 is 2.00 bits per heavy atom. The molecule has 2 aliphatic rings. The van der Waals surface area contributed by atoms with Gasteiger partial charge in [-0.15, -0.1) is 0 Å². The molecule has 0 aromatic rings. The van der Waals surface area contributed by atoms with Crippen LogP contribution in [0.3, 0.4) is 0 Å². The normalized spacial score (nSPS) is 29.7. The van der Waals surface area contributed by atoms with Crippen LogP contribution in [0.1, 0.15) is 13.8 Å². The van der Waals surface area contributed by atoms with Gasteiger partial charge in [-0.25, -0.2) is 9.59 Å². The number of carbonyl (C=O) groups is 2. The summed E-state index contributed by atoms with van der Waals surface area (Å²) in [5.41, 5.74) is -0.706. The lowest BCUT2D eigenvalue weighted by Crippen LogP contribution is -2.56. The number of fused-ring (bicyclic) bond motifs is 1. The smallest absolute Gasteiger partial charge is 0.321 e. The van der Waals surface area contributed by atoms with Gasteiger partial charge in [0, 0.05) is 0 Å². The molecular weight excluding hydrogens is 200 g/mol. The molecule has 0 unspecified atom stereocenters. The van der Waals surface area contributed by atoms with Gasteiger partial charge in [0.2, 0.25) is 0 Å². The van der Waals surface area contributed by atoms with Gasteiger partial charge in [-0.1, -0.05) is 0 Å². The molecule has 7 heteroatoms. The number of aliphatic hydroxyl groups excluding tert-OH is 1. The number of nitrogens with zero attached hydrogens (tertiary/aromatic N) is 1. The summed E-state index contributed by atoms with van der Waals surface area (Å²) in [6.45, 7) is 3.30. The van der Waals surface area contributed by atoms with Crippen LogP contribution in [0.4, 0.5) is 9.59 Å². The number of nitrogens with one attached hydrogen (secondary N) is 3. The molecule has 2 aliphatic heterocycles. The summed E-state index contributed by atoms with van der Waals surface area (Å²) in [5.74, 6) is 0. The van der Waals surface area contributed by atoms with Gasteiger partial charge in [-0.05, 0) is 13.8 Å². The summed E-state index contributed by atoms with van der Waals surface area (Å²) >= 11 is 0. The number of amides is 4. The highest BCUT2D eigenvalue weighted by atomic mass is 16.3.